The molecule has 0 amide bonds. The number of ether oxygens (including phenoxy) is 1. The van der Waals surface area contributed by atoms with Crippen LogP contribution < -0.4 is 10.5 Å². The first-order valence-electron chi connectivity index (χ1n) is 5.98. The van der Waals surface area contributed by atoms with E-state index in [0.717, 1.165) is 15.6 Å². The maximum atomic E-state index is 13.5. The van der Waals surface area contributed by atoms with E-state index in [2.05, 4.69) is 31.9 Å². The van der Waals surface area contributed by atoms with Crippen LogP contribution in [0.1, 0.15) is 22.7 Å². The molecule has 20 heavy (non-hydrogen) atoms. The van der Waals surface area contributed by atoms with Crippen molar-refractivity contribution in [1.29, 1.82) is 0 Å². The molecule has 106 valence electrons. The monoisotopic (exact) mass is 401 g/mol. The molecule has 0 heterocycles. The van der Waals surface area contributed by atoms with Gasteiger partial charge in [0.25, 0.3) is 0 Å². The molecule has 1 atom stereocenters. The van der Waals surface area contributed by atoms with Gasteiger partial charge in [0, 0.05) is 14.5 Å². The normalized spacial score (nSPS) is 12.3. The molecule has 2 aromatic carbocycles. The number of methoxy groups -OCH3 is 1. The predicted molar refractivity (Wildman–Crippen MR) is 85.6 cm³/mol. The van der Waals surface area contributed by atoms with Crippen molar-refractivity contribution in [3.8, 4) is 5.75 Å². The van der Waals surface area contributed by atoms with Gasteiger partial charge in [-0.2, -0.15) is 0 Å². The second kappa shape index (κ2) is 6.24. The summed E-state index contributed by atoms with van der Waals surface area (Å²) in [6.45, 7) is 1.97. The lowest BCUT2D eigenvalue weighted by Gasteiger charge is -2.18. The van der Waals surface area contributed by atoms with Gasteiger partial charge in [0.1, 0.15) is 11.6 Å². The molecule has 2 N–H and O–H groups in total. The molecular weight excluding hydrogens is 389 g/mol. The predicted octanol–water partition coefficient (Wildman–Crippen LogP) is 4.72. The summed E-state index contributed by atoms with van der Waals surface area (Å²) in [7, 11) is 1.60. The topological polar surface area (TPSA) is 35.2 Å². The van der Waals surface area contributed by atoms with E-state index >= 15 is 0 Å². The Morgan fingerprint density at radius 1 is 1.15 bits per heavy atom. The third kappa shape index (κ3) is 3.22. The summed E-state index contributed by atoms with van der Waals surface area (Å²) in [4.78, 5) is 0. The lowest BCUT2D eigenvalue weighted by molar-refractivity contribution is 0.407. The van der Waals surface area contributed by atoms with Gasteiger partial charge < -0.3 is 10.5 Å². The van der Waals surface area contributed by atoms with Gasteiger partial charge in [-0.05, 0) is 48.4 Å². The van der Waals surface area contributed by atoms with E-state index in [4.69, 9.17) is 10.5 Å². The quantitative estimate of drug-likeness (QED) is 0.806. The van der Waals surface area contributed by atoms with Crippen LogP contribution in [0.4, 0.5) is 4.39 Å². The molecule has 0 bridgehead atoms. The molecule has 0 aliphatic heterocycles. The molecule has 0 saturated heterocycles. The highest BCUT2D eigenvalue weighted by Crippen LogP contribution is 2.34. The zero-order chi connectivity index (χ0) is 14.9. The highest BCUT2D eigenvalue weighted by Gasteiger charge is 2.17. The fraction of sp³-hybridized carbons (Fsp3) is 0.200. The summed E-state index contributed by atoms with van der Waals surface area (Å²) in [5.41, 5.74) is 8.81. The first-order chi connectivity index (χ1) is 9.42. The van der Waals surface area contributed by atoms with Gasteiger partial charge in [0.05, 0.1) is 13.2 Å². The maximum absolute atomic E-state index is 13.5. The number of hydrogen-bond acceptors (Lipinski definition) is 2. The molecule has 0 aliphatic rings. The van der Waals surface area contributed by atoms with Crippen molar-refractivity contribution in [3.05, 3.63) is 61.8 Å². The van der Waals surface area contributed by atoms with Gasteiger partial charge in [-0.1, -0.05) is 31.9 Å². The van der Waals surface area contributed by atoms with Crippen LogP contribution in [0.2, 0.25) is 0 Å². The van der Waals surface area contributed by atoms with Crippen molar-refractivity contribution >= 4 is 31.9 Å². The molecule has 0 spiro atoms. The zero-order valence-corrected chi connectivity index (χ0v) is 14.3. The van der Waals surface area contributed by atoms with Crippen LogP contribution in [-0.2, 0) is 0 Å². The van der Waals surface area contributed by atoms with Crippen LogP contribution >= 0.6 is 31.9 Å². The Morgan fingerprint density at radius 3 is 2.45 bits per heavy atom. The largest absolute Gasteiger partial charge is 0.496 e. The molecule has 2 rings (SSSR count). The van der Waals surface area contributed by atoms with Gasteiger partial charge in [-0.25, -0.2) is 4.39 Å². The van der Waals surface area contributed by atoms with Crippen molar-refractivity contribution in [2.45, 2.75) is 13.0 Å². The first-order valence-corrected chi connectivity index (χ1v) is 7.56. The van der Waals surface area contributed by atoms with Gasteiger partial charge in [0.15, 0.2) is 0 Å². The van der Waals surface area contributed by atoms with Gasteiger partial charge in [0.2, 0.25) is 0 Å². The second-order valence-electron chi connectivity index (χ2n) is 4.52. The summed E-state index contributed by atoms with van der Waals surface area (Å²) < 4.78 is 20.5. The summed E-state index contributed by atoms with van der Waals surface area (Å²) in [6, 6.07) is 8.00. The van der Waals surface area contributed by atoms with E-state index < -0.39 is 6.04 Å². The average Bonchev–Trinajstić information content (AvgIpc) is 2.39. The smallest absolute Gasteiger partial charge is 0.124 e. The number of hydrogen-bond donors (Lipinski definition) is 1. The molecule has 0 radical (unpaired) electrons. The fourth-order valence-corrected chi connectivity index (χ4v) is 2.87. The van der Waals surface area contributed by atoms with Gasteiger partial charge >= 0.3 is 0 Å². The van der Waals surface area contributed by atoms with E-state index in [1.807, 2.05) is 19.1 Å². The van der Waals surface area contributed by atoms with E-state index in [-0.39, 0.29) is 5.82 Å². The molecule has 2 nitrogen and oxygen atoms in total. The minimum atomic E-state index is -0.464. The Morgan fingerprint density at radius 2 is 1.85 bits per heavy atom. The number of rotatable bonds is 3. The van der Waals surface area contributed by atoms with Crippen LogP contribution in [0, 0.1) is 12.7 Å². The Balaban J connectivity index is 2.52. The fourth-order valence-electron chi connectivity index (χ4n) is 2.02. The van der Waals surface area contributed by atoms with Crippen LogP contribution in [-0.4, -0.2) is 7.11 Å². The van der Waals surface area contributed by atoms with Crippen LogP contribution in [0.25, 0.3) is 0 Å². The van der Waals surface area contributed by atoms with Crippen molar-refractivity contribution in [2.24, 2.45) is 5.73 Å². The summed E-state index contributed by atoms with van der Waals surface area (Å²) in [5, 5.41) is 0. The number of benzene rings is 2. The Labute approximate surface area is 134 Å². The van der Waals surface area contributed by atoms with Crippen LogP contribution in [0.15, 0.2) is 39.3 Å². The summed E-state index contributed by atoms with van der Waals surface area (Å²) in [5.74, 6) is 0.369. The van der Waals surface area contributed by atoms with Crippen LogP contribution in [0.5, 0.6) is 5.75 Å². The maximum Gasteiger partial charge on any atom is 0.124 e. The lowest BCUT2D eigenvalue weighted by atomic mass is 9.97. The van der Waals surface area contributed by atoms with Gasteiger partial charge in [-0.15, -0.1) is 0 Å². The molecule has 0 aromatic heterocycles. The van der Waals surface area contributed by atoms with E-state index in [1.54, 1.807) is 13.2 Å². The Bertz CT molecular complexity index is 626. The number of aryl methyl sites for hydroxylation is 1. The van der Waals surface area contributed by atoms with E-state index in [1.165, 1.54) is 12.1 Å². The van der Waals surface area contributed by atoms with Crippen LogP contribution in [0.3, 0.4) is 0 Å². The Kier molecular flexibility index (Phi) is 4.83. The lowest BCUT2D eigenvalue weighted by Crippen LogP contribution is -2.13. The summed E-state index contributed by atoms with van der Waals surface area (Å²) >= 11 is 6.76. The Hall–Kier alpha value is -0.910. The number of halogens is 3. The minimum absolute atomic E-state index is 0.324. The van der Waals surface area contributed by atoms with E-state index in [0.29, 0.717) is 15.8 Å². The molecule has 5 heteroatoms. The molecule has 0 aliphatic carbocycles. The summed E-state index contributed by atoms with van der Waals surface area (Å²) in [6.07, 6.45) is 0. The molecule has 0 fully saturated rings. The minimum Gasteiger partial charge on any atom is -0.496 e. The molecule has 1 unspecified atom stereocenters. The third-order valence-electron chi connectivity index (χ3n) is 3.09. The average molecular weight is 403 g/mol. The molecule has 2 aromatic rings. The van der Waals surface area contributed by atoms with E-state index in [9.17, 15) is 4.39 Å². The van der Waals surface area contributed by atoms with Crippen molar-refractivity contribution in [3.63, 3.8) is 0 Å². The molecule has 0 saturated carbocycles. The van der Waals surface area contributed by atoms with Gasteiger partial charge in [-0.3, -0.25) is 0 Å². The van der Waals surface area contributed by atoms with Crippen molar-refractivity contribution < 1.29 is 9.13 Å². The first kappa shape index (κ1) is 15.5. The SMILES string of the molecule is COc1cc(C)c(Br)cc1C(N)c1cc(F)cc(Br)c1. The van der Waals surface area contributed by atoms with Crippen molar-refractivity contribution in [2.75, 3.05) is 7.11 Å². The zero-order valence-electron chi connectivity index (χ0n) is 11.1. The highest BCUT2D eigenvalue weighted by molar-refractivity contribution is 9.10. The molecular formula is C15H14Br2FNO. The number of nitrogens with two attached hydrogens (primary N) is 1. The standard InChI is InChI=1S/C15H14Br2FNO/c1-8-3-14(20-2)12(7-13(8)17)15(19)9-4-10(16)6-11(18)5-9/h3-7,15H,19H2,1-2H3. The second-order valence-corrected chi connectivity index (χ2v) is 6.29. The highest BCUT2D eigenvalue weighted by atomic mass is 79.9. The third-order valence-corrected chi connectivity index (χ3v) is 4.40. The van der Waals surface area contributed by atoms with Crippen molar-refractivity contribution in [1.82, 2.24) is 0 Å².